The number of halogens is 1. The molecule has 0 aliphatic carbocycles. The average Bonchev–Trinajstić information content (AvgIpc) is 2.84. The zero-order valence-electron chi connectivity index (χ0n) is 17.8. The zero-order valence-corrected chi connectivity index (χ0v) is 18.6. The second kappa shape index (κ2) is 10.9. The van der Waals surface area contributed by atoms with Crippen molar-refractivity contribution in [3.05, 3.63) is 88.9 Å². The molecule has 3 aromatic carbocycles. The number of hydrogen-bond donors (Lipinski definition) is 2. The summed E-state index contributed by atoms with van der Waals surface area (Å²) in [6.45, 7) is 1.64. The number of rotatable bonds is 6. The highest BCUT2D eigenvalue weighted by atomic mass is 35.5. The number of carbonyl (C=O) groups is 3. The number of para-hydroxylation sites is 1. The van der Waals surface area contributed by atoms with Crippen molar-refractivity contribution in [3.8, 4) is 11.5 Å². The molecule has 3 aromatic rings. The highest BCUT2D eigenvalue weighted by Gasteiger charge is 2.16. The Labute approximate surface area is 195 Å². The van der Waals surface area contributed by atoms with Crippen LogP contribution in [0.1, 0.15) is 22.8 Å². The van der Waals surface area contributed by atoms with Crippen LogP contribution in [-0.2, 0) is 9.59 Å². The van der Waals surface area contributed by atoms with Crippen LogP contribution < -0.4 is 20.2 Å². The van der Waals surface area contributed by atoms with E-state index in [1.54, 1.807) is 79.7 Å². The van der Waals surface area contributed by atoms with Gasteiger partial charge in [-0.15, -0.1) is 0 Å². The fourth-order valence-electron chi connectivity index (χ4n) is 2.70. The van der Waals surface area contributed by atoms with E-state index in [9.17, 15) is 14.4 Å². The van der Waals surface area contributed by atoms with Crippen molar-refractivity contribution in [2.75, 3.05) is 12.4 Å². The molecule has 33 heavy (non-hydrogen) atoms. The first-order chi connectivity index (χ1) is 15.9. The van der Waals surface area contributed by atoms with Gasteiger partial charge in [-0.3, -0.25) is 9.59 Å². The van der Waals surface area contributed by atoms with Crippen molar-refractivity contribution >= 4 is 40.8 Å². The third-order valence-corrected chi connectivity index (χ3v) is 4.78. The molecule has 0 saturated carbocycles. The highest BCUT2D eigenvalue weighted by Crippen LogP contribution is 2.29. The lowest BCUT2D eigenvalue weighted by Gasteiger charge is -2.11. The van der Waals surface area contributed by atoms with E-state index in [4.69, 9.17) is 21.1 Å². The lowest BCUT2D eigenvalue weighted by atomic mass is 10.1. The van der Waals surface area contributed by atoms with Gasteiger partial charge in [0.25, 0.3) is 0 Å². The maximum Gasteiger partial charge on any atom is 0.343 e. The number of esters is 1. The van der Waals surface area contributed by atoms with Crippen LogP contribution in [0.3, 0.4) is 0 Å². The van der Waals surface area contributed by atoms with E-state index in [0.29, 0.717) is 33.3 Å². The van der Waals surface area contributed by atoms with Gasteiger partial charge in [0, 0.05) is 5.56 Å². The van der Waals surface area contributed by atoms with Crippen LogP contribution in [0.4, 0.5) is 5.69 Å². The Morgan fingerprint density at radius 1 is 0.848 bits per heavy atom. The molecule has 9 heteroatoms. The molecule has 0 bridgehead atoms. The van der Waals surface area contributed by atoms with Crippen molar-refractivity contribution < 1.29 is 23.9 Å². The van der Waals surface area contributed by atoms with E-state index in [1.807, 2.05) is 0 Å². The lowest BCUT2D eigenvalue weighted by Crippen LogP contribution is -2.33. The number of carbonyl (C=O) groups excluding carboxylic acids is 3. The number of benzene rings is 3. The molecular weight excluding hydrogens is 446 g/mol. The van der Waals surface area contributed by atoms with Gasteiger partial charge in [-0.25, -0.2) is 10.2 Å². The summed E-state index contributed by atoms with van der Waals surface area (Å²) in [5.41, 5.74) is 3.88. The summed E-state index contributed by atoms with van der Waals surface area (Å²) in [5, 5.41) is 6.67. The number of amides is 2. The number of hydrogen-bond acceptors (Lipinski definition) is 6. The Balaban J connectivity index is 1.67. The largest absolute Gasteiger partial charge is 0.493 e. The Morgan fingerprint density at radius 2 is 1.55 bits per heavy atom. The summed E-state index contributed by atoms with van der Waals surface area (Å²) in [5.74, 6) is -1.88. The van der Waals surface area contributed by atoms with Crippen molar-refractivity contribution in [3.63, 3.8) is 0 Å². The van der Waals surface area contributed by atoms with Crippen molar-refractivity contribution in [1.82, 2.24) is 5.43 Å². The van der Waals surface area contributed by atoms with E-state index in [0.717, 1.165) is 0 Å². The predicted octanol–water partition coefficient (Wildman–Crippen LogP) is 4.05. The molecule has 3 rings (SSSR count). The van der Waals surface area contributed by atoms with Gasteiger partial charge in [-0.2, -0.15) is 5.10 Å². The summed E-state index contributed by atoms with van der Waals surface area (Å²) in [4.78, 5) is 36.4. The molecule has 0 fully saturated rings. The van der Waals surface area contributed by atoms with Crippen LogP contribution in [0.5, 0.6) is 11.5 Å². The summed E-state index contributed by atoms with van der Waals surface area (Å²) < 4.78 is 10.7. The Kier molecular flexibility index (Phi) is 7.77. The van der Waals surface area contributed by atoms with Gasteiger partial charge in [0.15, 0.2) is 11.5 Å². The Morgan fingerprint density at radius 3 is 2.24 bits per heavy atom. The van der Waals surface area contributed by atoms with Crippen LogP contribution in [-0.4, -0.2) is 30.6 Å². The number of anilines is 1. The first-order valence-corrected chi connectivity index (χ1v) is 10.1. The molecule has 0 unspecified atom stereocenters. The first-order valence-electron chi connectivity index (χ1n) is 9.75. The quantitative estimate of drug-likeness (QED) is 0.188. The molecule has 2 N–H and O–H groups in total. The monoisotopic (exact) mass is 465 g/mol. The third kappa shape index (κ3) is 6.18. The van der Waals surface area contributed by atoms with Crippen molar-refractivity contribution in [1.29, 1.82) is 0 Å². The van der Waals surface area contributed by atoms with Crippen LogP contribution in [0, 0.1) is 0 Å². The van der Waals surface area contributed by atoms with Gasteiger partial charge in [0.05, 0.1) is 29.1 Å². The van der Waals surface area contributed by atoms with E-state index in [2.05, 4.69) is 15.8 Å². The second-order valence-electron chi connectivity index (χ2n) is 6.69. The van der Waals surface area contributed by atoms with Gasteiger partial charge >= 0.3 is 17.8 Å². The molecule has 0 heterocycles. The molecule has 2 amide bonds. The van der Waals surface area contributed by atoms with Crippen LogP contribution in [0.2, 0.25) is 5.02 Å². The predicted molar refractivity (Wildman–Crippen MR) is 125 cm³/mol. The first kappa shape index (κ1) is 23.5. The standard InChI is InChI=1S/C24H20ClN3O5/c1-15(27-28-23(30)22(29)26-19-11-7-6-10-18(19)25)17-12-13-20(21(14-17)32-2)33-24(31)16-8-4-3-5-9-16/h3-14H,1-2H3,(H,26,29)(H,28,30)/b27-15+. The van der Waals surface area contributed by atoms with Crippen LogP contribution in [0.15, 0.2) is 77.9 Å². The van der Waals surface area contributed by atoms with E-state index >= 15 is 0 Å². The van der Waals surface area contributed by atoms with Gasteiger partial charge < -0.3 is 14.8 Å². The minimum Gasteiger partial charge on any atom is -0.493 e. The molecule has 0 aliphatic heterocycles. The zero-order chi connectivity index (χ0) is 23.8. The molecule has 168 valence electrons. The summed E-state index contributed by atoms with van der Waals surface area (Å²) in [6, 6.07) is 19.9. The number of ether oxygens (including phenoxy) is 2. The lowest BCUT2D eigenvalue weighted by molar-refractivity contribution is -0.136. The average molecular weight is 466 g/mol. The maximum atomic E-state index is 12.3. The smallest absolute Gasteiger partial charge is 0.343 e. The van der Waals surface area contributed by atoms with E-state index in [-0.39, 0.29) is 5.75 Å². The molecule has 0 radical (unpaired) electrons. The van der Waals surface area contributed by atoms with Gasteiger partial charge in [-0.05, 0) is 49.4 Å². The second-order valence-corrected chi connectivity index (χ2v) is 7.10. The Bertz CT molecular complexity index is 1210. The molecule has 0 saturated heterocycles. The highest BCUT2D eigenvalue weighted by molar-refractivity contribution is 6.41. The van der Waals surface area contributed by atoms with E-state index in [1.165, 1.54) is 7.11 Å². The molecule has 0 atom stereocenters. The fraction of sp³-hybridized carbons (Fsp3) is 0.0833. The topological polar surface area (TPSA) is 106 Å². The summed E-state index contributed by atoms with van der Waals surface area (Å²) in [6.07, 6.45) is 0. The minimum atomic E-state index is -0.963. The van der Waals surface area contributed by atoms with Gasteiger partial charge in [-0.1, -0.05) is 41.9 Å². The summed E-state index contributed by atoms with van der Waals surface area (Å²) >= 11 is 5.97. The van der Waals surface area contributed by atoms with Crippen LogP contribution in [0.25, 0.3) is 0 Å². The minimum absolute atomic E-state index is 0.228. The van der Waals surface area contributed by atoms with E-state index < -0.39 is 17.8 Å². The number of methoxy groups -OCH3 is 1. The van der Waals surface area contributed by atoms with Gasteiger partial charge in [0.1, 0.15) is 0 Å². The van der Waals surface area contributed by atoms with Gasteiger partial charge in [0.2, 0.25) is 0 Å². The number of nitrogens with one attached hydrogen (secondary N) is 2. The number of hydrazone groups is 1. The molecule has 0 spiro atoms. The van der Waals surface area contributed by atoms with Crippen molar-refractivity contribution in [2.45, 2.75) is 6.92 Å². The SMILES string of the molecule is COc1cc(/C(C)=N/NC(=O)C(=O)Nc2ccccc2Cl)ccc1OC(=O)c1ccccc1. The molecule has 8 nitrogen and oxygen atoms in total. The maximum absolute atomic E-state index is 12.3. The molecule has 0 aromatic heterocycles. The van der Waals surface area contributed by atoms with Crippen molar-refractivity contribution in [2.24, 2.45) is 5.10 Å². The van der Waals surface area contributed by atoms with Crippen LogP contribution >= 0.6 is 11.6 Å². The fourth-order valence-corrected chi connectivity index (χ4v) is 2.88. The third-order valence-electron chi connectivity index (χ3n) is 4.45. The normalized spacial score (nSPS) is 10.8. The molecule has 0 aliphatic rings. The molecular formula is C24H20ClN3O5. The Hall–Kier alpha value is -4.17. The summed E-state index contributed by atoms with van der Waals surface area (Å²) in [7, 11) is 1.44. The number of nitrogens with zero attached hydrogens (tertiary/aromatic N) is 1.